The number of imide groups is 2. The topological polar surface area (TPSA) is 151 Å². The van der Waals surface area contributed by atoms with Crippen molar-refractivity contribution in [1.82, 2.24) is 25.1 Å². The van der Waals surface area contributed by atoms with Gasteiger partial charge in [0.05, 0.1) is 28.4 Å². The number of aryl methyl sites for hydroxylation is 1. The van der Waals surface area contributed by atoms with E-state index >= 15 is 0 Å². The number of hydrogen-bond donors (Lipinski definition) is 2. The van der Waals surface area contributed by atoms with Crippen LogP contribution in [0.15, 0.2) is 102 Å². The van der Waals surface area contributed by atoms with E-state index in [1.165, 1.54) is 10.6 Å². The fraction of sp³-hybridized carbons (Fsp3) is 0.312. The first kappa shape index (κ1) is 44.1. The summed E-state index contributed by atoms with van der Waals surface area (Å²) in [6.07, 6.45) is 5.41. The number of nitrogens with zero attached hydrogens (tertiary/aromatic N) is 4. The van der Waals surface area contributed by atoms with Crippen LogP contribution < -0.4 is 21.1 Å². The summed E-state index contributed by atoms with van der Waals surface area (Å²) in [6, 6.07) is 27.7. The van der Waals surface area contributed by atoms with E-state index in [1.807, 2.05) is 99.4 Å². The number of carbonyl (C=O) groups is 5. The van der Waals surface area contributed by atoms with Crippen LogP contribution >= 0.6 is 23.2 Å². The lowest BCUT2D eigenvalue weighted by molar-refractivity contribution is -0.135. The van der Waals surface area contributed by atoms with Crippen molar-refractivity contribution in [2.75, 3.05) is 25.0 Å². The van der Waals surface area contributed by atoms with Gasteiger partial charge in [0.15, 0.2) is 0 Å². The monoisotopic (exact) mass is 874 g/mol. The Bertz CT molecular complexity index is 2610. The number of amides is 5. The fourth-order valence-electron chi connectivity index (χ4n) is 8.33. The molecule has 5 amide bonds. The highest BCUT2D eigenvalue weighted by Gasteiger charge is 2.52. The molecule has 5 aromatic rings. The van der Waals surface area contributed by atoms with Gasteiger partial charge in [-0.15, -0.1) is 0 Å². The normalized spacial score (nSPS) is 19.5. The fourth-order valence-corrected chi connectivity index (χ4v) is 9.06. The summed E-state index contributed by atoms with van der Waals surface area (Å²) in [6.45, 7) is 7.02. The third-order valence-electron chi connectivity index (χ3n) is 12.0. The van der Waals surface area contributed by atoms with Gasteiger partial charge < -0.3 is 4.90 Å². The largest absolute Gasteiger partial charge is 0.309 e. The molecule has 2 aromatic heterocycles. The Morgan fingerprint density at radius 3 is 1.71 bits per heavy atom. The zero-order valence-corrected chi connectivity index (χ0v) is 36.6. The lowest BCUT2D eigenvalue weighted by Crippen LogP contribution is -2.56. The van der Waals surface area contributed by atoms with Crippen LogP contribution in [0.2, 0.25) is 10.0 Å². The Morgan fingerprint density at radius 1 is 0.677 bits per heavy atom. The van der Waals surface area contributed by atoms with E-state index in [0.717, 1.165) is 58.6 Å². The molecule has 3 aliphatic heterocycles. The van der Waals surface area contributed by atoms with Gasteiger partial charge in [-0.3, -0.25) is 48.9 Å². The number of piperidine rings is 2. The standard InChI is InChI=1S/C24H24ClN3O3.C22H18ClN3O3.C2H6/c1-27-13-21(30)28(14-24(27)11-12-24)16-7-5-15(6-8-16)17-3-2-4-18(22(17)25)19-9-10-20(29)26-23(19)31;1-13-4-2-7-20(28)26(13)18-10-8-14(12-24-18)15-5-3-6-16(21(15)23)17-9-11-19(27)25-22(17)29;1-2/h2-8,19H,9-14H2,1H3,(H,26,29,31);2-8,10,12,17H,9,11H2,1H3,(H,25,27,29);1-2H3. The van der Waals surface area contributed by atoms with Crippen LogP contribution in [0.3, 0.4) is 0 Å². The SMILES string of the molecule is CC.CN1CC(=O)N(c2ccc(-c3cccc(C4CCC(=O)NC4=O)c3Cl)cc2)CC12CC2.Cc1cccc(=O)n1-c1ccc(-c2cccc(C3CCC(=O)NC3=O)c2Cl)cn1. The molecule has 12 nitrogen and oxygen atoms in total. The van der Waals surface area contributed by atoms with Gasteiger partial charge in [-0.05, 0) is 86.7 Å². The molecule has 4 fully saturated rings. The molecule has 3 aromatic carbocycles. The first-order chi connectivity index (χ1) is 29.8. The second-order valence-corrected chi connectivity index (χ2v) is 16.5. The Balaban J connectivity index is 0.000000180. The molecule has 5 heterocycles. The molecule has 2 N–H and O–H groups in total. The van der Waals surface area contributed by atoms with Gasteiger partial charge in [-0.2, -0.15) is 0 Å². The molecular formula is C48H48Cl2N6O6. The number of aromatic nitrogens is 2. The van der Waals surface area contributed by atoms with Crippen molar-refractivity contribution >= 4 is 58.4 Å². The van der Waals surface area contributed by atoms with Crippen molar-refractivity contribution in [2.45, 2.75) is 76.7 Å². The molecule has 0 radical (unpaired) electrons. The zero-order valence-electron chi connectivity index (χ0n) is 35.0. The predicted molar refractivity (Wildman–Crippen MR) is 240 cm³/mol. The number of anilines is 1. The summed E-state index contributed by atoms with van der Waals surface area (Å²) in [5, 5.41) is 5.76. The van der Waals surface area contributed by atoms with Gasteiger partial charge in [0.1, 0.15) is 5.82 Å². The number of piperazine rings is 1. The second kappa shape index (κ2) is 18.6. The molecule has 2 atom stereocenters. The average molecular weight is 876 g/mol. The van der Waals surface area contributed by atoms with Crippen molar-refractivity contribution in [3.8, 4) is 28.1 Å². The summed E-state index contributed by atoms with van der Waals surface area (Å²) in [7, 11) is 2.03. The van der Waals surface area contributed by atoms with E-state index in [2.05, 4.69) is 20.5 Å². The minimum absolute atomic E-state index is 0.116. The molecule has 0 bridgehead atoms. The van der Waals surface area contributed by atoms with Crippen LogP contribution in [0, 0.1) is 6.92 Å². The van der Waals surface area contributed by atoms with Crippen LogP contribution in [-0.4, -0.2) is 69.7 Å². The highest BCUT2D eigenvalue weighted by Crippen LogP contribution is 2.45. The van der Waals surface area contributed by atoms with Crippen LogP contribution in [0.1, 0.15) is 81.0 Å². The number of nitrogens with one attached hydrogen (secondary N) is 2. The molecular weight excluding hydrogens is 827 g/mol. The molecule has 320 valence electrons. The van der Waals surface area contributed by atoms with Crippen molar-refractivity contribution in [3.05, 3.63) is 134 Å². The number of likely N-dealkylation sites (N-methyl/N-ethyl adjacent to an activating group) is 1. The second-order valence-electron chi connectivity index (χ2n) is 15.8. The molecule has 62 heavy (non-hydrogen) atoms. The number of hydrogen-bond acceptors (Lipinski definition) is 8. The first-order valence-electron chi connectivity index (χ1n) is 20.9. The summed E-state index contributed by atoms with van der Waals surface area (Å²) in [5.74, 6) is -1.37. The first-order valence-corrected chi connectivity index (χ1v) is 21.6. The van der Waals surface area contributed by atoms with Gasteiger partial charge in [0.25, 0.3) is 5.56 Å². The Hall–Kier alpha value is -5.95. The molecule has 9 rings (SSSR count). The van der Waals surface area contributed by atoms with E-state index < -0.39 is 11.8 Å². The van der Waals surface area contributed by atoms with E-state index in [0.29, 0.717) is 53.7 Å². The highest BCUT2D eigenvalue weighted by molar-refractivity contribution is 6.35. The number of halogens is 2. The Kier molecular flexibility index (Phi) is 13.2. The minimum Gasteiger partial charge on any atom is -0.309 e. The van der Waals surface area contributed by atoms with Gasteiger partial charge in [-0.25, -0.2) is 4.98 Å². The maximum absolute atomic E-state index is 12.6. The summed E-state index contributed by atoms with van der Waals surface area (Å²) < 4.78 is 1.53. The maximum atomic E-state index is 12.6. The predicted octanol–water partition coefficient (Wildman–Crippen LogP) is 7.75. The van der Waals surface area contributed by atoms with Gasteiger partial charge in [0, 0.05) is 65.3 Å². The highest BCUT2D eigenvalue weighted by atomic mass is 35.5. The Labute approximate surface area is 370 Å². The van der Waals surface area contributed by atoms with E-state index in [1.54, 1.807) is 24.4 Å². The van der Waals surface area contributed by atoms with Crippen LogP contribution in [0.5, 0.6) is 0 Å². The molecule has 3 saturated heterocycles. The van der Waals surface area contributed by atoms with Gasteiger partial charge >= 0.3 is 0 Å². The number of pyridine rings is 2. The lowest BCUT2D eigenvalue weighted by Gasteiger charge is -2.39. The number of benzene rings is 3. The average Bonchev–Trinajstić information content (AvgIpc) is 4.05. The van der Waals surface area contributed by atoms with E-state index in [9.17, 15) is 28.8 Å². The number of rotatable bonds is 6. The quantitative estimate of drug-likeness (QED) is 0.165. The molecule has 14 heteroatoms. The summed E-state index contributed by atoms with van der Waals surface area (Å²) in [5.41, 5.74) is 6.37. The minimum atomic E-state index is -0.460. The van der Waals surface area contributed by atoms with Crippen LogP contribution in [-0.2, 0) is 24.0 Å². The molecule has 1 spiro atoms. The smallest absolute Gasteiger partial charge is 0.256 e. The molecule has 1 saturated carbocycles. The lowest BCUT2D eigenvalue weighted by atomic mass is 9.88. The number of carbonyl (C=O) groups excluding carboxylic acids is 5. The van der Waals surface area contributed by atoms with Gasteiger partial charge in [0.2, 0.25) is 29.5 Å². The van der Waals surface area contributed by atoms with Gasteiger partial charge in [-0.1, -0.05) is 91.6 Å². The summed E-state index contributed by atoms with van der Waals surface area (Å²) in [4.78, 5) is 80.7. The molecule has 4 aliphatic rings. The zero-order chi connectivity index (χ0) is 44.3. The van der Waals surface area contributed by atoms with Crippen LogP contribution in [0.25, 0.3) is 28.1 Å². The molecule has 2 unspecified atom stereocenters. The van der Waals surface area contributed by atoms with E-state index in [4.69, 9.17) is 23.2 Å². The maximum Gasteiger partial charge on any atom is 0.256 e. The van der Waals surface area contributed by atoms with Crippen LogP contribution in [0.4, 0.5) is 5.69 Å². The van der Waals surface area contributed by atoms with Crippen molar-refractivity contribution in [3.63, 3.8) is 0 Å². The third kappa shape index (κ3) is 8.99. The summed E-state index contributed by atoms with van der Waals surface area (Å²) >= 11 is 13.4. The van der Waals surface area contributed by atoms with Crippen molar-refractivity contribution in [1.29, 1.82) is 0 Å². The van der Waals surface area contributed by atoms with Crippen molar-refractivity contribution < 1.29 is 24.0 Å². The third-order valence-corrected chi connectivity index (χ3v) is 12.8. The Morgan fingerprint density at radius 2 is 1.21 bits per heavy atom. The van der Waals surface area contributed by atoms with Crippen molar-refractivity contribution in [2.24, 2.45) is 0 Å². The molecule has 1 aliphatic carbocycles. The van der Waals surface area contributed by atoms with E-state index in [-0.39, 0.29) is 40.6 Å².